The molecule has 0 rings (SSSR count). The Morgan fingerprint density at radius 3 is 0.819 bits per heavy atom. The Balaban J connectivity index is -0.000000352. The van der Waals surface area contributed by atoms with Gasteiger partial charge in [0.2, 0.25) is 0 Å². The normalized spacial score (nSPS) is 19.1. The van der Waals surface area contributed by atoms with Gasteiger partial charge in [-0.15, -0.1) is 0 Å². The summed E-state index contributed by atoms with van der Waals surface area (Å²) >= 11 is 0. The maximum atomic E-state index is 11.4. The molecule has 0 aliphatic heterocycles. The van der Waals surface area contributed by atoms with Crippen LogP contribution in [0.2, 0.25) is 0 Å². The molecule has 0 radical (unpaired) electrons. The number of hydrogen-bond acceptors (Lipinski definition) is 38. The van der Waals surface area contributed by atoms with Crippen molar-refractivity contribution in [2.45, 2.75) is 200 Å². The van der Waals surface area contributed by atoms with Gasteiger partial charge in [0.15, 0.2) is 36.3 Å². The van der Waals surface area contributed by atoms with E-state index in [0.717, 1.165) is 13.1 Å². The van der Waals surface area contributed by atoms with Gasteiger partial charge in [-0.25, -0.2) is 8.75 Å². The molecular formula is C47H96O43P2S2. The number of aliphatic hydroxyl groups is 25. The number of aliphatic hydroxyl groups excluding tert-OH is 25. The fourth-order valence-electron chi connectivity index (χ4n) is 6.47. The van der Waals surface area contributed by atoms with Crippen LogP contribution in [0.15, 0.2) is 0 Å². The lowest BCUT2D eigenvalue weighted by Gasteiger charge is -2.24. The van der Waals surface area contributed by atoms with Gasteiger partial charge in [0, 0.05) is 44.9 Å². The molecule has 43 nitrogen and oxygen atoms in total. The Bertz CT molecular complexity index is 2400. The van der Waals surface area contributed by atoms with Crippen molar-refractivity contribution in [3.63, 3.8) is 0 Å². The molecule has 0 aromatic heterocycles. The molecule has 21 unspecified atom stereocenters. The van der Waals surface area contributed by atoms with Gasteiger partial charge in [-0.1, -0.05) is 13.3 Å². The van der Waals surface area contributed by atoms with E-state index in [4.69, 9.17) is 74.9 Å². The SMILES string of the molecule is CCCCC(=O)C(O)C(O)C(O)C(O)CO.CP(=O)(O)CCCC(=O)C(O)C(O)C(O)C(O)CO.O=C(CCCOP(=O)(O)O)C(O)C(O)C(O)C(O)CO.O=C(CCCOS(=O)(=O)O)C(O)C(O)C(O)C(O)CO.O=C(CCCS(=O)(=O)O)C(O)C(O)C(O)C(O)CO. The fourth-order valence-corrected chi connectivity index (χ4v) is 8.42. The Labute approximate surface area is 537 Å². The quantitative estimate of drug-likeness (QED) is 0.0153. The topological polar surface area (TPSA) is 813 Å². The molecular weight excluding hydrogens is 1380 g/mol. The largest absolute Gasteiger partial charge is 0.469 e. The second-order valence-corrected chi connectivity index (χ2v) is 26.8. The standard InChI is InChI=1S/C10H21O8P.C10H20O6.C9H19O10P.C9H18O10S.C9H18O9S/c1-19(17,18)4-2-3-6(12)8(14)10(16)9(15)7(13)5-11;1-2-3-4-6(12)8(14)10(16)9(15)7(13)5-11;2*10-4-6(12)8(14)9(15)7(13)5(11)2-1-3-19-20(16,17)18;10-4-6(12)8(14)9(15)7(13)5(11)2-1-3-19(16,17)18/h7-11,13-16H,2-5H2,1H3,(H,17,18);7-11,13-16H,2-5H2,1H3;6-10,12-15H,1-4H2,(H2,16,17,18);6-10,12-15H,1-4H2,(H,16,17,18);6-10,12-15H,1-4H2,(H,16,17,18). The highest BCUT2D eigenvalue weighted by molar-refractivity contribution is 7.85. The minimum Gasteiger partial charge on any atom is -0.394 e. The zero-order chi connectivity index (χ0) is 75.0. The highest BCUT2D eigenvalue weighted by Gasteiger charge is 2.38. The van der Waals surface area contributed by atoms with E-state index in [0.29, 0.717) is 6.42 Å². The summed E-state index contributed by atoms with van der Waals surface area (Å²) in [6.07, 6.45) is -37.8. The van der Waals surface area contributed by atoms with Crippen LogP contribution in [0.1, 0.15) is 77.6 Å². The average molecular weight is 1480 g/mol. The summed E-state index contributed by atoms with van der Waals surface area (Å²) in [5, 5.41) is 228. The van der Waals surface area contributed by atoms with Crippen LogP contribution in [-0.2, 0) is 62.3 Å². The second kappa shape index (κ2) is 51.6. The summed E-state index contributed by atoms with van der Waals surface area (Å²) in [5.41, 5.74) is 0. The van der Waals surface area contributed by atoms with E-state index < -0.39 is 252 Å². The Hall–Kier alpha value is -2.57. The third-order valence-electron chi connectivity index (χ3n) is 12.1. The zero-order valence-electron chi connectivity index (χ0n) is 50.6. The van der Waals surface area contributed by atoms with Crippen LogP contribution in [0.3, 0.4) is 0 Å². The van der Waals surface area contributed by atoms with Gasteiger partial charge in [-0.2, -0.15) is 16.8 Å². The molecule has 564 valence electrons. The van der Waals surface area contributed by atoms with Gasteiger partial charge in [-0.3, -0.25) is 42.2 Å². The van der Waals surface area contributed by atoms with Gasteiger partial charge in [-0.05, 0) is 32.1 Å². The summed E-state index contributed by atoms with van der Waals surface area (Å²) in [7, 11) is -16.7. The van der Waals surface area contributed by atoms with Gasteiger partial charge in [0.05, 0.1) is 52.0 Å². The maximum absolute atomic E-state index is 11.4. The van der Waals surface area contributed by atoms with E-state index in [9.17, 15) is 127 Å². The number of rotatable bonds is 46. The number of hydrogen-bond donors (Lipinski definition) is 30. The molecule has 0 saturated heterocycles. The van der Waals surface area contributed by atoms with Crippen molar-refractivity contribution in [1.29, 1.82) is 0 Å². The Morgan fingerprint density at radius 2 is 0.606 bits per heavy atom. The van der Waals surface area contributed by atoms with Gasteiger partial charge >= 0.3 is 18.2 Å². The van der Waals surface area contributed by atoms with Crippen molar-refractivity contribution in [2.75, 3.05) is 64.8 Å². The van der Waals surface area contributed by atoms with Crippen molar-refractivity contribution in [3.8, 4) is 0 Å². The van der Waals surface area contributed by atoms with Crippen molar-refractivity contribution in [2.24, 2.45) is 0 Å². The first kappa shape index (κ1) is 100. The first-order chi connectivity index (χ1) is 42.8. The van der Waals surface area contributed by atoms with E-state index in [1.807, 2.05) is 6.92 Å². The molecule has 0 spiro atoms. The molecule has 0 aliphatic rings. The Morgan fingerprint density at radius 1 is 0.372 bits per heavy atom. The number of ketones is 5. The molecule has 94 heavy (non-hydrogen) atoms. The molecule has 0 amide bonds. The maximum Gasteiger partial charge on any atom is 0.469 e. The van der Waals surface area contributed by atoms with Crippen LogP contribution in [-0.4, -0.2) is 384 Å². The first-order valence-electron chi connectivity index (χ1n) is 27.7. The summed E-state index contributed by atoms with van der Waals surface area (Å²) in [6.45, 7) is -2.12. The average Bonchev–Trinajstić information content (AvgIpc) is 1.13. The summed E-state index contributed by atoms with van der Waals surface area (Å²) in [6, 6.07) is 0. The summed E-state index contributed by atoms with van der Waals surface area (Å²) < 4.78 is 87.1. The van der Waals surface area contributed by atoms with Crippen molar-refractivity contribution < 1.29 is 210 Å². The Kier molecular flexibility index (Phi) is 54.9. The molecule has 0 bridgehead atoms. The lowest BCUT2D eigenvalue weighted by Crippen LogP contribution is -2.48. The monoisotopic (exact) mass is 1470 g/mol. The van der Waals surface area contributed by atoms with Crippen LogP contribution < -0.4 is 0 Å². The van der Waals surface area contributed by atoms with Crippen molar-refractivity contribution in [1.82, 2.24) is 0 Å². The third kappa shape index (κ3) is 47.4. The number of phosphoric ester groups is 1. The number of carbonyl (C=O) groups excluding carboxylic acids is 5. The number of phosphoric acid groups is 1. The molecule has 0 aromatic carbocycles. The van der Waals surface area contributed by atoms with E-state index >= 15 is 0 Å². The zero-order valence-corrected chi connectivity index (χ0v) is 54.0. The van der Waals surface area contributed by atoms with Crippen molar-refractivity contribution in [3.05, 3.63) is 0 Å². The van der Waals surface area contributed by atoms with Crippen LogP contribution in [0, 0.1) is 0 Å². The van der Waals surface area contributed by atoms with E-state index in [2.05, 4.69) is 8.71 Å². The minimum atomic E-state index is -4.63. The predicted molar refractivity (Wildman–Crippen MR) is 310 cm³/mol. The van der Waals surface area contributed by atoms with Crippen LogP contribution >= 0.6 is 15.2 Å². The molecule has 21 atom stereocenters. The molecule has 0 aliphatic carbocycles. The minimum absolute atomic E-state index is 0.0611. The fraction of sp³-hybridized carbons (Fsp3) is 0.894. The number of unbranched alkanes of at least 4 members (excludes halogenated alkanes) is 1. The van der Waals surface area contributed by atoms with Gasteiger partial charge < -0.3 is 142 Å². The van der Waals surface area contributed by atoms with E-state index in [1.54, 1.807) is 0 Å². The van der Waals surface area contributed by atoms with Gasteiger partial charge in [0.25, 0.3) is 10.1 Å². The number of carbonyl (C=O) groups is 5. The summed E-state index contributed by atoms with van der Waals surface area (Å²) in [4.78, 5) is 82.6. The second-order valence-electron chi connectivity index (χ2n) is 20.4. The highest BCUT2D eigenvalue weighted by Crippen LogP contribution is 2.36. The third-order valence-corrected chi connectivity index (χ3v) is 15.1. The molecule has 0 heterocycles. The van der Waals surface area contributed by atoms with Gasteiger partial charge in [0.1, 0.15) is 122 Å². The van der Waals surface area contributed by atoms with Crippen molar-refractivity contribution >= 4 is 64.6 Å². The van der Waals surface area contributed by atoms with E-state index in [1.165, 1.54) is 0 Å². The first-order valence-corrected chi connectivity index (χ1v) is 34.5. The molecule has 30 N–H and O–H groups in total. The van der Waals surface area contributed by atoms with Crippen LogP contribution in [0.25, 0.3) is 0 Å². The molecule has 0 aromatic rings. The van der Waals surface area contributed by atoms with Crippen LogP contribution in [0.5, 0.6) is 0 Å². The molecule has 0 saturated carbocycles. The van der Waals surface area contributed by atoms with E-state index in [-0.39, 0.29) is 51.1 Å². The number of Topliss-reactive ketones (excluding diaryl/α,β-unsaturated/α-hetero) is 5. The molecule has 47 heteroatoms. The summed E-state index contributed by atoms with van der Waals surface area (Å²) in [5.74, 6) is -4.87. The smallest absolute Gasteiger partial charge is 0.394 e. The van der Waals surface area contributed by atoms with Crippen LogP contribution in [0.4, 0.5) is 0 Å². The lowest BCUT2D eigenvalue weighted by molar-refractivity contribution is -0.147. The molecule has 0 fully saturated rings. The highest BCUT2D eigenvalue weighted by atomic mass is 32.3. The lowest BCUT2D eigenvalue weighted by atomic mass is 9.98. The predicted octanol–water partition coefficient (Wildman–Crippen LogP) is -14.0.